The summed E-state index contributed by atoms with van der Waals surface area (Å²) >= 11 is 1.72. The molecule has 0 spiro atoms. The van der Waals surface area contributed by atoms with E-state index in [1.807, 2.05) is 106 Å². The largest absolute Gasteiger partial charge is 0.480 e. The number of rotatable bonds is 23. The number of thioether (sulfide) groups is 1. The molecule has 4 aromatic carbocycles. The van der Waals surface area contributed by atoms with Crippen LogP contribution in [-0.4, -0.2) is 92.2 Å². The molecular weight excluding hydrogens is 799 g/mol. The van der Waals surface area contributed by atoms with Gasteiger partial charge in [-0.15, -0.1) is 11.8 Å². The number of benzene rings is 4. The Kier molecular flexibility index (Phi) is 18.2. The molecule has 13 heteroatoms. The Bertz CT molecular complexity index is 1940. The third kappa shape index (κ3) is 15.1. The zero-order chi connectivity index (χ0) is 43.8. The number of carbonyl (C=O) groups is 3. The van der Waals surface area contributed by atoms with E-state index in [4.69, 9.17) is 9.47 Å². The Hall–Kier alpha value is -4.69. The number of ether oxygens (including phenoxy) is 2. The van der Waals surface area contributed by atoms with Gasteiger partial charge in [-0.2, -0.15) is 0 Å². The van der Waals surface area contributed by atoms with Gasteiger partial charge >= 0.3 is 12.1 Å². The Balaban J connectivity index is 1.62. The molecule has 5 atom stereocenters. The minimum Gasteiger partial charge on any atom is -0.480 e. The summed E-state index contributed by atoms with van der Waals surface area (Å²) in [6, 6.07) is 38.1. The topological polar surface area (TPSA) is 160 Å². The first-order valence-corrected chi connectivity index (χ1v) is 23.4. The normalized spacial score (nSPS) is 14.6. The van der Waals surface area contributed by atoms with E-state index < -0.39 is 62.1 Å². The van der Waals surface area contributed by atoms with Crippen molar-refractivity contribution in [2.24, 2.45) is 5.92 Å². The van der Waals surface area contributed by atoms with Crippen molar-refractivity contribution in [3.05, 3.63) is 144 Å². The van der Waals surface area contributed by atoms with Crippen LogP contribution in [0.3, 0.4) is 0 Å². The zero-order valence-corrected chi connectivity index (χ0v) is 37.1. The van der Waals surface area contributed by atoms with E-state index in [1.165, 1.54) is 0 Å². The number of aliphatic carboxylic acids is 1. The lowest BCUT2D eigenvalue weighted by molar-refractivity contribution is -0.144. The molecule has 324 valence electrons. The summed E-state index contributed by atoms with van der Waals surface area (Å²) in [5, 5.41) is 19.2. The molecule has 0 saturated heterocycles. The molecule has 4 rings (SSSR count). The highest BCUT2D eigenvalue weighted by molar-refractivity contribution is 8.00. The maximum atomic E-state index is 13.7. The van der Waals surface area contributed by atoms with Crippen LogP contribution in [0.1, 0.15) is 69.7 Å². The molecule has 3 unspecified atom stereocenters. The van der Waals surface area contributed by atoms with E-state index in [0.717, 1.165) is 34.9 Å². The van der Waals surface area contributed by atoms with Gasteiger partial charge < -0.3 is 30.5 Å². The molecule has 0 fully saturated rings. The highest BCUT2D eigenvalue weighted by Gasteiger charge is 2.38. The summed E-state index contributed by atoms with van der Waals surface area (Å²) in [5.74, 6) is -1.83. The Morgan fingerprint density at radius 3 is 1.73 bits per heavy atom. The van der Waals surface area contributed by atoms with E-state index in [0.29, 0.717) is 12.3 Å². The Labute approximate surface area is 360 Å². The lowest BCUT2D eigenvalue weighted by Gasteiger charge is -2.37. The average Bonchev–Trinajstić information content (AvgIpc) is 3.22. The van der Waals surface area contributed by atoms with E-state index >= 15 is 0 Å². The summed E-state index contributed by atoms with van der Waals surface area (Å²) in [6.45, 7) is 10.0. The summed E-state index contributed by atoms with van der Waals surface area (Å²) in [4.78, 5) is 39.2. The Morgan fingerprint density at radius 2 is 1.28 bits per heavy atom. The summed E-state index contributed by atoms with van der Waals surface area (Å²) < 4.78 is 35.2. The van der Waals surface area contributed by atoms with Gasteiger partial charge in [0.25, 0.3) is 0 Å². The molecule has 4 aromatic rings. The van der Waals surface area contributed by atoms with Crippen LogP contribution in [0.4, 0.5) is 4.79 Å². The molecule has 0 aliphatic rings. The monoisotopic (exact) mass is 859 g/mol. The third-order valence-electron chi connectivity index (χ3n) is 10.1. The summed E-state index contributed by atoms with van der Waals surface area (Å²) in [6.07, 6.45) is 0.0728. The van der Waals surface area contributed by atoms with Gasteiger partial charge in [0.1, 0.15) is 27.6 Å². The van der Waals surface area contributed by atoms with Crippen LogP contribution in [0.15, 0.2) is 121 Å². The van der Waals surface area contributed by atoms with Crippen LogP contribution in [0, 0.1) is 5.92 Å². The average molecular weight is 860 g/mol. The van der Waals surface area contributed by atoms with Crippen molar-refractivity contribution < 1.29 is 37.4 Å². The van der Waals surface area contributed by atoms with Gasteiger partial charge in [0.05, 0.1) is 23.1 Å². The number of hydrogen-bond donors (Lipinski definition) is 4. The van der Waals surface area contributed by atoms with Crippen molar-refractivity contribution in [3.8, 4) is 0 Å². The third-order valence-corrected chi connectivity index (χ3v) is 12.8. The van der Waals surface area contributed by atoms with Crippen LogP contribution in [-0.2, 0) is 40.1 Å². The lowest BCUT2D eigenvalue weighted by atomic mass is 9.84. The maximum absolute atomic E-state index is 13.7. The number of carboxylic acids is 1. The van der Waals surface area contributed by atoms with Gasteiger partial charge in [-0.3, -0.25) is 4.79 Å². The minimum absolute atomic E-state index is 0.0684. The van der Waals surface area contributed by atoms with Crippen molar-refractivity contribution in [1.29, 1.82) is 0 Å². The molecule has 4 N–H and O–H groups in total. The SMILES string of the molecule is CC[C@H](C)C(COC(Cc1ccccc1)C(=O)N[C@H](CCS(C)(=O)=O)C(=O)O)NCC(CSC(c1ccccc1)(c1ccccc1)c1ccccc1)NC(=O)OC(C)(C)C. The second-order valence-electron chi connectivity index (χ2n) is 16.2. The lowest BCUT2D eigenvalue weighted by Crippen LogP contribution is -2.52. The fraction of sp³-hybridized carbons (Fsp3) is 0.426. The molecule has 0 aliphatic heterocycles. The number of hydrogen-bond acceptors (Lipinski definition) is 9. The molecule has 0 aliphatic carbocycles. The van der Waals surface area contributed by atoms with Gasteiger partial charge in [0, 0.05) is 31.0 Å². The van der Waals surface area contributed by atoms with Crippen LogP contribution >= 0.6 is 11.8 Å². The molecular formula is C47H61N3O8S2. The number of amides is 2. The Morgan fingerprint density at radius 1 is 0.783 bits per heavy atom. The van der Waals surface area contributed by atoms with Crippen molar-refractivity contribution in [1.82, 2.24) is 16.0 Å². The van der Waals surface area contributed by atoms with Crippen LogP contribution in [0.25, 0.3) is 0 Å². The first-order chi connectivity index (χ1) is 28.5. The van der Waals surface area contributed by atoms with Crippen LogP contribution in [0.2, 0.25) is 0 Å². The first kappa shape index (κ1) is 48.0. The van der Waals surface area contributed by atoms with Gasteiger partial charge in [-0.05, 0) is 55.4 Å². The number of sulfone groups is 1. The molecule has 0 bridgehead atoms. The smallest absolute Gasteiger partial charge is 0.407 e. The van der Waals surface area contributed by atoms with Crippen molar-refractivity contribution in [3.63, 3.8) is 0 Å². The standard InChI is InChI=1S/C47H61N3O8S2/c1-7-34(2)41(32-57-42(30-35-20-12-8-13-21-35)43(51)50-40(44(52)53)28-29-60(6,55)56)48-31-39(49-45(54)58-46(3,4)5)33-59-47(36-22-14-9-15-23-36,37-24-16-10-17-25-37)38-26-18-11-19-27-38/h8-27,34,39-42,48H,7,28-33H2,1-6H3,(H,49,54)(H,50,51)(H,52,53)/t34-,39?,40+,41?,42?/m0/s1. The zero-order valence-electron chi connectivity index (χ0n) is 35.5. The molecule has 11 nitrogen and oxygen atoms in total. The van der Waals surface area contributed by atoms with Gasteiger partial charge in [0.15, 0.2) is 0 Å². The maximum Gasteiger partial charge on any atom is 0.407 e. The number of alkyl carbamates (subject to hydrolysis) is 1. The van der Waals surface area contributed by atoms with Gasteiger partial charge in [0.2, 0.25) is 5.91 Å². The highest BCUT2D eigenvalue weighted by atomic mass is 32.2. The minimum atomic E-state index is -3.47. The van der Waals surface area contributed by atoms with Gasteiger partial charge in [-0.1, -0.05) is 142 Å². The first-order valence-electron chi connectivity index (χ1n) is 20.4. The number of carbonyl (C=O) groups excluding carboxylic acids is 2. The molecule has 60 heavy (non-hydrogen) atoms. The van der Waals surface area contributed by atoms with Crippen LogP contribution in [0.5, 0.6) is 0 Å². The predicted octanol–water partition coefficient (Wildman–Crippen LogP) is 7.24. The van der Waals surface area contributed by atoms with Crippen LogP contribution < -0.4 is 16.0 Å². The second kappa shape index (κ2) is 22.8. The molecule has 0 radical (unpaired) electrons. The quantitative estimate of drug-likeness (QED) is 0.0560. The fourth-order valence-corrected chi connectivity index (χ4v) is 8.98. The van der Waals surface area contributed by atoms with E-state index in [9.17, 15) is 27.9 Å². The molecule has 0 aromatic heterocycles. The second-order valence-corrected chi connectivity index (χ2v) is 19.7. The van der Waals surface area contributed by atoms with Crippen molar-refractivity contribution in [2.45, 2.75) is 88.5 Å². The van der Waals surface area contributed by atoms with Gasteiger partial charge in [-0.25, -0.2) is 18.0 Å². The summed E-state index contributed by atoms with van der Waals surface area (Å²) in [7, 11) is -3.47. The fourth-order valence-electron chi connectivity index (χ4n) is 6.75. The molecule has 0 heterocycles. The molecule has 2 amide bonds. The van der Waals surface area contributed by atoms with E-state index in [-0.39, 0.29) is 31.4 Å². The van der Waals surface area contributed by atoms with Crippen molar-refractivity contribution >= 4 is 39.6 Å². The number of nitrogens with one attached hydrogen (secondary N) is 3. The highest BCUT2D eigenvalue weighted by Crippen LogP contribution is 2.48. The number of carboxylic acid groups (broad SMARTS) is 1. The summed E-state index contributed by atoms with van der Waals surface area (Å²) in [5.41, 5.74) is 3.36. The predicted molar refractivity (Wildman–Crippen MR) is 240 cm³/mol. The molecule has 0 saturated carbocycles. The van der Waals surface area contributed by atoms with E-state index in [1.54, 1.807) is 11.8 Å². The van der Waals surface area contributed by atoms with E-state index in [2.05, 4.69) is 66.2 Å². The van der Waals surface area contributed by atoms with Crippen molar-refractivity contribution in [2.75, 3.05) is 30.9 Å².